The molecule has 1 aromatic heterocycles. The summed E-state index contributed by atoms with van der Waals surface area (Å²) in [6, 6.07) is 11.0. The van der Waals surface area contributed by atoms with E-state index in [1.54, 1.807) is 10.8 Å². The molecule has 2 aromatic carbocycles. The van der Waals surface area contributed by atoms with Crippen molar-refractivity contribution in [2.75, 3.05) is 5.73 Å². The van der Waals surface area contributed by atoms with Crippen LogP contribution in [-0.4, -0.2) is 4.57 Å². The molecule has 0 aliphatic carbocycles. The first-order chi connectivity index (χ1) is 9.84. The average molecular weight is 355 g/mol. The van der Waals surface area contributed by atoms with Gasteiger partial charge in [0.05, 0.1) is 11.1 Å². The Morgan fingerprint density at radius 2 is 1.76 bits per heavy atom. The maximum atomic E-state index is 12.9. The molecule has 0 bridgehead atoms. The SMILES string of the molecule is Nc1cc(-n2ccc3cc(Br)ccc32)cc(C(F)(F)F)c1. The van der Waals surface area contributed by atoms with E-state index in [0.29, 0.717) is 5.69 Å². The number of nitrogens with zero attached hydrogens (tertiary/aromatic N) is 1. The molecule has 1 heterocycles. The Hall–Kier alpha value is -1.95. The smallest absolute Gasteiger partial charge is 0.399 e. The number of nitrogen functional groups attached to an aromatic ring is 1. The van der Waals surface area contributed by atoms with Gasteiger partial charge in [0.25, 0.3) is 0 Å². The van der Waals surface area contributed by atoms with E-state index >= 15 is 0 Å². The second-order valence-electron chi connectivity index (χ2n) is 4.70. The molecule has 0 unspecified atom stereocenters. The zero-order valence-electron chi connectivity index (χ0n) is 10.7. The number of anilines is 1. The minimum atomic E-state index is -4.42. The molecule has 0 radical (unpaired) electrons. The van der Waals surface area contributed by atoms with Crippen molar-refractivity contribution in [3.8, 4) is 5.69 Å². The van der Waals surface area contributed by atoms with Gasteiger partial charge in [0.15, 0.2) is 0 Å². The lowest BCUT2D eigenvalue weighted by Gasteiger charge is -2.12. The maximum absolute atomic E-state index is 12.9. The molecule has 0 saturated carbocycles. The molecule has 0 amide bonds. The molecular formula is C15H10BrF3N2. The van der Waals surface area contributed by atoms with Crippen LogP contribution in [0.2, 0.25) is 0 Å². The van der Waals surface area contributed by atoms with Crippen molar-refractivity contribution in [3.05, 3.63) is 58.7 Å². The van der Waals surface area contributed by atoms with E-state index in [1.807, 2.05) is 24.3 Å². The van der Waals surface area contributed by atoms with Crippen LogP contribution in [0.25, 0.3) is 16.6 Å². The quantitative estimate of drug-likeness (QED) is 0.613. The van der Waals surface area contributed by atoms with Gasteiger partial charge in [-0.25, -0.2) is 0 Å². The van der Waals surface area contributed by atoms with Crippen LogP contribution >= 0.6 is 15.9 Å². The summed E-state index contributed by atoms with van der Waals surface area (Å²) in [7, 11) is 0. The molecule has 6 heteroatoms. The van der Waals surface area contributed by atoms with E-state index < -0.39 is 11.7 Å². The van der Waals surface area contributed by atoms with Crippen LogP contribution in [0.5, 0.6) is 0 Å². The maximum Gasteiger partial charge on any atom is 0.416 e. The number of nitrogens with two attached hydrogens (primary N) is 1. The Bertz CT molecular complexity index is 821. The summed E-state index contributed by atoms with van der Waals surface area (Å²) in [4.78, 5) is 0. The molecule has 21 heavy (non-hydrogen) atoms. The fourth-order valence-corrected chi connectivity index (χ4v) is 2.65. The van der Waals surface area contributed by atoms with Gasteiger partial charge in [-0.1, -0.05) is 15.9 Å². The fourth-order valence-electron chi connectivity index (χ4n) is 2.28. The summed E-state index contributed by atoms with van der Waals surface area (Å²) in [5.41, 5.74) is 6.14. The number of alkyl halides is 3. The standard InChI is InChI=1S/C15H10BrF3N2/c16-11-1-2-14-9(5-11)3-4-21(14)13-7-10(15(17,18)19)6-12(20)8-13/h1-8H,20H2. The Morgan fingerprint density at radius 1 is 1.00 bits per heavy atom. The molecule has 0 atom stereocenters. The number of fused-ring (bicyclic) bond motifs is 1. The zero-order valence-corrected chi connectivity index (χ0v) is 12.2. The van der Waals surface area contributed by atoms with Crippen molar-refractivity contribution in [1.82, 2.24) is 4.57 Å². The highest BCUT2D eigenvalue weighted by Gasteiger charge is 2.31. The number of benzene rings is 2. The molecule has 3 rings (SSSR count). The topological polar surface area (TPSA) is 30.9 Å². The first kappa shape index (κ1) is 14.0. The van der Waals surface area contributed by atoms with Crippen molar-refractivity contribution in [2.45, 2.75) is 6.18 Å². The number of hydrogen-bond donors (Lipinski definition) is 1. The molecule has 3 aromatic rings. The fraction of sp³-hybridized carbons (Fsp3) is 0.0667. The van der Waals surface area contributed by atoms with Crippen LogP contribution in [-0.2, 0) is 6.18 Å². The number of rotatable bonds is 1. The molecule has 0 aliphatic rings. The molecule has 0 fully saturated rings. The second-order valence-corrected chi connectivity index (χ2v) is 5.62. The Labute approximate surface area is 127 Å². The predicted molar refractivity (Wildman–Crippen MR) is 80.4 cm³/mol. The van der Waals surface area contributed by atoms with Crippen LogP contribution in [0.15, 0.2) is 53.1 Å². The van der Waals surface area contributed by atoms with Gasteiger partial charge in [-0.15, -0.1) is 0 Å². The van der Waals surface area contributed by atoms with Gasteiger partial charge in [0, 0.05) is 27.4 Å². The van der Waals surface area contributed by atoms with Gasteiger partial charge in [-0.3, -0.25) is 0 Å². The monoisotopic (exact) mass is 354 g/mol. The first-order valence-electron chi connectivity index (χ1n) is 6.09. The molecule has 0 spiro atoms. The number of halogens is 4. The lowest BCUT2D eigenvalue weighted by molar-refractivity contribution is -0.137. The summed E-state index contributed by atoms with van der Waals surface area (Å²) < 4.78 is 41.3. The molecule has 108 valence electrons. The molecule has 0 saturated heterocycles. The predicted octanol–water partition coefficient (Wildman–Crippen LogP) is 4.99. The van der Waals surface area contributed by atoms with E-state index in [4.69, 9.17) is 5.73 Å². The van der Waals surface area contributed by atoms with E-state index in [9.17, 15) is 13.2 Å². The molecule has 2 N–H and O–H groups in total. The van der Waals surface area contributed by atoms with Gasteiger partial charge in [-0.2, -0.15) is 13.2 Å². The zero-order chi connectivity index (χ0) is 15.2. The summed E-state index contributed by atoms with van der Waals surface area (Å²) in [6.45, 7) is 0. The normalized spacial score (nSPS) is 12.0. The van der Waals surface area contributed by atoms with Crippen LogP contribution in [0.4, 0.5) is 18.9 Å². The van der Waals surface area contributed by atoms with E-state index in [2.05, 4.69) is 15.9 Å². The summed E-state index contributed by atoms with van der Waals surface area (Å²) in [5, 5.41) is 0.931. The summed E-state index contributed by atoms with van der Waals surface area (Å²) >= 11 is 3.37. The third-order valence-corrected chi connectivity index (χ3v) is 3.69. The Morgan fingerprint density at radius 3 is 2.48 bits per heavy atom. The van der Waals surface area contributed by atoms with E-state index in [0.717, 1.165) is 27.5 Å². The van der Waals surface area contributed by atoms with E-state index in [-0.39, 0.29) is 5.69 Å². The van der Waals surface area contributed by atoms with Crippen molar-refractivity contribution in [3.63, 3.8) is 0 Å². The third kappa shape index (κ3) is 2.63. The first-order valence-corrected chi connectivity index (χ1v) is 6.89. The minimum absolute atomic E-state index is 0.0822. The van der Waals surface area contributed by atoms with Crippen molar-refractivity contribution in [1.29, 1.82) is 0 Å². The van der Waals surface area contributed by atoms with Crippen molar-refractivity contribution < 1.29 is 13.2 Å². The lowest BCUT2D eigenvalue weighted by atomic mass is 10.1. The van der Waals surface area contributed by atoms with Gasteiger partial charge < -0.3 is 10.3 Å². The van der Waals surface area contributed by atoms with Crippen molar-refractivity contribution >= 4 is 32.5 Å². The molecular weight excluding hydrogens is 345 g/mol. The van der Waals surface area contributed by atoms with Gasteiger partial charge >= 0.3 is 6.18 Å². The van der Waals surface area contributed by atoms with Gasteiger partial charge in [-0.05, 0) is 42.5 Å². The highest BCUT2D eigenvalue weighted by molar-refractivity contribution is 9.10. The Kier molecular flexibility index (Phi) is 3.20. The average Bonchev–Trinajstić information content (AvgIpc) is 2.79. The van der Waals surface area contributed by atoms with Gasteiger partial charge in [0.1, 0.15) is 0 Å². The molecule has 0 aliphatic heterocycles. The highest BCUT2D eigenvalue weighted by Crippen LogP contribution is 2.33. The molecule has 2 nitrogen and oxygen atoms in total. The second kappa shape index (κ2) is 4.80. The van der Waals surface area contributed by atoms with Crippen molar-refractivity contribution in [2.24, 2.45) is 0 Å². The summed E-state index contributed by atoms with van der Waals surface area (Å²) in [6.07, 6.45) is -2.69. The van der Waals surface area contributed by atoms with Crippen LogP contribution < -0.4 is 5.73 Å². The van der Waals surface area contributed by atoms with E-state index in [1.165, 1.54) is 6.07 Å². The highest BCUT2D eigenvalue weighted by atomic mass is 79.9. The number of hydrogen-bond acceptors (Lipinski definition) is 1. The largest absolute Gasteiger partial charge is 0.416 e. The van der Waals surface area contributed by atoms with Gasteiger partial charge in [0.2, 0.25) is 0 Å². The minimum Gasteiger partial charge on any atom is -0.399 e. The Balaban J connectivity index is 2.21. The lowest BCUT2D eigenvalue weighted by Crippen LogP contribution is -2.07. The van der Waals surface area contributed by atoms with Crippen LogP contribution in [0.1, 0.15) is 5.56 Å². The summed E-state index contributed by atoms with van der Waals surface area (Å²) in [5.74, 6) is 0. The van der Waals surface area contributed by atoms with Crippen LogP contribution in [0.3, 0.4) is 0 Å². The number of aromatic nitrogens is 1. The third-order valence-electron chi connectivity index (χ3n) is 3.20. The van der Waals surface area contributed by atoms with Crippen LogP contribution in [0, 0.1) is 0 Å².